The number of hydrogen-bond donors (Lipinski definition) is 1. The molecule has 0 spiro atoms. The van der Waals surface area contributed by atoms with Crippen LogP contribution in [0, 0.1) is 11.0 Å². The molecule has 0 amide bonds. The monoisotopic (exact) mass is 127 g/mol. The molecule has 0 unspecified atom stereocenters. The second-order valence-electron chi connectivity index (χ2n) is 1.43. The van der Waals surface area contributed by atoms with Crippen LogP contribution in [0.4, 0.5) is 0 Å². The van der Waals surface area contributed by atoms with Crippen LogP contribution in [0.25, 0.3) is 0 Å². The number of nitroso groups, excluding NO2 is 1. The Labute approximate surface area is 52.9 Å². The van der Waals surface area contributed by atoms with Gasteiger partial charge >= 0.3 is 0 Å². The fourth-order valence-corrected chi connectivity index (χ4v) is 0.597. The molecule has 0 aliphatic carbocycles. The van der Waals surface area contributed by atoms with E-state index >= 15 is 0 Å². The lowest BCUT2D eigenvalue weighted by atomic mass is 10.4. The summed E-state index contributed by atoms with van der Waals surface area (Å²) in [6.45, 7) is 0.395. The van der Waals surface area contributed by atoms with E-state index in [1.807, 2.05) is 0 Å². The van der Waals surface area contributed by atoms with Crippen LogP contribution < -0.4 is 0 Å². The predicted octanol–water partition coefficient (Wildman–Crippen LogP) is 0.909. The molecule has 0 aromatic rings. The van der Waals surface area contributed by atoms with Gasteiger partial charge in [0, 0.05) is 9.67 Å². The first-order valence-corrected chi connectivity index (χ1v) is 2.67. The first kappa shape index (κ1) is 5.56. The maximum absolute atomic E-state index is 10.5. The van der Waals surface area contributed by atoms with Crippen LogP contribution in [-0.2, 0) is 0 Å². The Morgan fingerprint density at radius 1 is 1.88 bits per heavy atom. The zero-order chi connectivity index (χ0) is 5.98. The largest absolute Gasteiger partial charge is 0.295 e. The molecule has 0 saturated heterocycles. The van der Waals surface area contributed by atoms with Crippen molar-refractivity contribution in [2.24, 2.45) is 0 Å². The van der Waals surface area contributed by atoms with Crippen molar-refractivity contribution in [1.29, 1.82) is 0 Å². The molecule has 1 radical (unpaired) electrons. The highest BCUT2D eigenvalue weighted by Crippen LogP contribution is 2.04. The van der Waals surface area contributed by atoms with Gasteiger partial charge < -0.3 is 0 Å². The van der Waals surface area contributed by atoms with E-state index in [0.29, 0.717) is 11.6 Å². The fraction of sp³-hybridized carbons (Fsp3) is 0.200. The number of rotatable bonds is 0. The maximum atomic E-state index is 10.5. The van der Waals surface area contributed by atoms with E-state index in [9.17, 15) is 4.91 Å². The molecule has 41 valence electrons. The zero-order valence-corrected chi connectivity index (χ0v) is 5.06. The topological polar surface area (TPSA) is 20.1 Å². The van der Waals surface area contributed by atoms with Crippen molar-refractivity contribution in [3.05, 3.63) is 28.2 Å². The normalized spacial score (nSPS) is 18.6. The van der Waals surface area contributed by atoms with Crippen molar-refractivity contribution < 1.29 is 4.76 Å². The highest BCUT2D eigenvalue weighted by molar-refractivity contribution is 7.84. The molecule has 0 aromatic carbocycles. The fourth-order valence-electron chi connectivity index (χ4n) is 0.440. The van der Waals surface area contributed by atoms with Crippen LogP contribution in [0.15, 0.2) is 17.2 Å². The second kappa shape index (κ2) is 2.13. The quantitative estimate of drug-likeness (QED) is 0.379. The Hall–Kier alpha value is -0.570. The van der Waals surface area contributed by atoms with Crippen LogP contribution in [0.2, 0.25) is 0 Å². The molecular formula is C5H5NOS+. The summed E-state index contributed by atoms with van der Waals surface area (Å²) >= 11 is 3.82. The summed E-state index contributed by atoms with van der Waals surface area (Å²) in [5, 5.41) is 0.354. The molecule has 1 aliphatic heterocycles. The molecule has 2 nitrogen and oxygen atoms in total. The summed E-state index contributed by atoms with van der Waals surface area (Å²) < 4.78 is 0.767. The predicted molar refractivity (Wildman–Crippen MR) is 33.4 cm³/mol. The van der Waals surface area contributed by atoms with Gasteiger partial charge in [-0.25, -0.2) is 0 Å². The van der Waals surface area contributed by atoms with Gasteiger partial charge in [0.2, 0.25) is 6.54 Å². The SMILES string of the molecule is O=[N+]1CC=C[C]=C1S. The summed E-state index contributed by atoms with van der Waals surface area (Å²) in [6.07, 6.45) is 6.07. The molecule has 8 heavy (non-hydrogen) atoms. The Morgan fingerprint density at radius 3 is 3.00 bits per heavy atom. The third-order valence-electron chi connectivity index (χ3n) is 0.838. The molecule has 0 saturated carbocycles. The Morgan fingerprint density at radius 2 is 2.62 bits per heavy atom. The van der Waals surface area contributed by atoms with Crippen molar-refractivity contribution in [3.63, 3.8) is 0 Å². The lowest BCUT2D eigenvalue weighted by molar-refractivity contribution is -0.476. The molecule has 1 heterocycles. The number of hydrogen-bond acceptors (Lipinski definition) is 2. The molecule has 0 bridgehead atoms. The Kier molecular flexibility index (Phi) is 1.48. The molecule has 0 N–H and O–H groups in total. The summed E-state index contributed by atoms with van der Waals surface area (Å²) in [5.41, 5.74) is 0. The van der Waals surface area contributed by atoms with Gasteiger partial charge in [0.05, 0.1) is 6.08 Å². The first-order chi connectivity index (χ1) is 3.80. The van der Waals surface area contributed by atoms with Crippen LogP contribution >= 0.6 is 12.6 Å². The first-order valence-electron chi connectivity index (χ1n) is 2.23. The standard InChI is InChI=1S/C5H4NOS/c7-6-4-2-1-3-5(6)8/h1-2H,4H2/p+1. The average Bonchev–Trinajstić information content (AvgIpc) is 1.77. The summed E-state index contributed by atoms with van der Waals surface area (Å²) in [7, 11) is 0. The lowest BCUT2D eigenvalue weighted by Crippen LogP contribution is -2.05. The number of nitrogens with zero attached hydrogens (tertiary/aromatic N) is 1. The van der Waals surface area contributed by atoms with E-state index in [0.717, 1.165) is 4.76 Å². The van der Waals surface area contributed by atoms with Crippen LogP contribution in [0.3, 0.4) is 0 Å². The lowest BCUT2D eigenvalue weighted by Gasteiger charge is -1.88. The van der Waals surface area contributed by atoms with Gasteiger partial charge in [-0.2, -0.15) is 0 Å². The molecule has 3 heteroatoms. The van der Waals surface area contributed by atoms with E-state index in [2.05, 4.69) is 18.7 Å². The second-order valence-corrected chi connectivity index (χ2v) is 1.85. The van der Waals surface area contributed by atoms with Crippen molar-refractivity contribution >= 4 is 12.6 Å². The maximum Gasteiger partial charge on any atom is 0.295 e. The number of allylic oxidation sites excluding steroid dienone is 2. The van der Waals surface area contributed by atoms with Crippen LogP contribution in [-0.4, -0.2) is 11.3 Å². The molecule has 1 aliphatic rings. The van der Waals surface area contributed by atoms with Gasteiger partial charge in [-0.05, 0) is 12.2 Å². The van der Waals surface area contributed by atoms with E-state index in [4.69, 9.17) is 0 Å². The molecule has 0 aromatic heterocycles. The van der Waals surface area contributed by atoms with Gasteiger partial charge in [-0.1, -0.05) is 12.6 Å². The summed E-state index contributed by atoms with van der Waals surface area (Å²) in [4.78, 5) is 10.5. The van der Waals surface area contributed by atoms with E-state index in [1.54, 1.807) is 12.2 Å². The Bertz CT molecular complexity index is 171. The van der Waals surface area contributed by atoms with Crippen molar-refractivity contribution in [2.75, 3.05) is 6.54 Å². The smallest absolute Gasteiger partial charge is 0.0694 e. The third-order valence-corrected chi connectivity index (χ3v) is 1.19. The minimum Gasteiger partial charge on any atom is -0.0694 e. The average molecular weight is 127 g/mol. The van der Waals surface area contributed by atoms with Gasteiger partial charge in [0.15, 0.2) is 0 Å². The van der Waals surface area contributed by atoms with E-state index in [1.165, 1.54) is 0 Å². The summed E-state index contributed by atoms with van der Waals surface area (Å²) in [6, 6.07) is 0. The Balaban J connectivity index is 2.80. The number of thiol groups is 1. The summed E-state index contributed by atoms with van der Waals surface area (Å²) in [5.74, 6) is 0. The van der Waals surface area contributed by atoms with Crippen molar-refractivity contribution in [2.45, 2.75) is 0 Å². The van der Waals surface area contributed by atoms with E-state index in [-0.39, 0.29) is 0 Å². The third kappa shape index (κ3) is 0.980. The minimum absolute atomic E-state index is 0.354. The zero-order valence-electron chi connectivity index (χ0n) is 4.16. The van der Waals surface area contributed by atoms with Crippen LogP contribution in [0.5, 0.6) is 0 Å². The highest BCUT2D eigenvalue weighted by atomic mass is 32.1. The van der Waals surface area contributed by atoms with Crippen LogP contribution in [0.1, 0.15) is 0 Å². The van der Waals surface area contributed by atoms with Gasteiger partial charge in [0.1, 0.15) is 0 Å². The molecule has 0 fully saturated rings. The molecule has 0 atom stereocenters. The van der Waals surface area contributed by atoms with Gasteiger partial charge in [-0.15, -0.1) is 0 Å². The van der Waals surface area contributed by atoms with E-state index < -0.39 is 0 Å². The minimum atomic E-state index is 0.354. The van der Waals surface area contributed by atoms with Gasteiger partial charge in [-0.3, -0.25) is 0 Å². The molecular weight excluding hydrogens is 122 g/mol. The van der Waals surface area contributed by atoms with Crippen molar-refractivity contribution in [3.8, 4) is 0 Å². The molecule has 1 rings (SSSR count). The van der Waals surface area contributed by atoms with Crippen molar-refractivity contribution in [1.82, 2.24) is 0 Å². The van der Waals surface area contributed by atoms with Gasteiger partial charge in [0.25, 0.3) is 5.03 Å². The highest BCUT2D eigenvalue weighted by Gasteiger charge is 2.12.